The number of nitrogens with zero attached hydrogens (tertiary/aromatic N) is 2. The summed E-state index contributed by atoms with van der Waals surface area (Å²) in [6.07, 6.45) is 2.68. The van der Waals surface area contributed by atoms with Crippen molar-refractivity contribution in [3.05, 3.63) is 29.6 Å². The van der Waals surface area contributed by atoms with Crippen LogP contribution in [0.3, 0.4) is 0 Å². The number of hydrogen-bond acceptors (Lipinski definition) is 3. The van der Waals surface area contributed by atoms with Gasteiger partial charge in [-0.1, -0.05) is 19.9 Å². The molecular formula is C13H19N3O. The molecule has 4 heteroatoms. The maximum absolute atomic E-state index is 12.0. The Hall–Kier alpha value is -1.42. The lowest BCUT2D eigenvalue weighted by atomic mass is 10.1. The van der Waals surface area contributed by atoms with Crippen LogP contribution in [0.2, 0.25) is 0 Å². The van der Waals surface area contributed by atoms with Gasteiger partial charge in [-0.15, -0.1) is 0 Å². The highest BCUT2D eigenvalue weighted by Gasteiger charge is 2.20. The predicted molar refractivity (Wildman–Crippen MR) is 66.5 cm³/mol. The topological polar surface area (TPSA) is 45.2 Å². The Kier molecular flexibility index (Phi) is 3.74. The molecule has 0 saturated heterocycles. The van der Waals surface area contributed by atoms with Crippen molar-refractivity contribution in [1.29, 1.82) is 0 Å². The van der Waals surface area contributed by atoms with Crippen LogP contribution in [0.4, 0.5) is 0 Å². The summed E-state index contributed by atoms with van der Waals surface area (Å²) >= 11 is 0. The van der Waals surface area contributed by atoms with E-state index in [0.717, 1.165) is 18.7 Å². The van der Waals surface area contributed by atoms with Crippen molar-refractivity contribution >= 4 is 5.91 Å². The molecule has 17 heavy (non-hydrogen) atoms. The predicted octanol–water partition coefficient (Wildman–Crippen LogP) is 0.964. The number of amides is 1. The van der Waals surface area contributed by atoms with Crippen molar-refractivity contribution in [3.63, 3.8) is 0 Å². The van der Waals surface area contributed by atoms with E-state index in [1.165, 1.54) is 5.56 Å². The third-order valence-electron chi connectivity index (χ3n) is 2.98. The summed E-state index contributed by atoms with van der Waals surface area (Å²) in [5.74, 6) is 0.174. The number of rotatable bonds is 3. The largest absolute Gasteiger partial charge is 0.337 e. The van der Waals surface area contributed by atoms with E-state index in [0.29, 0.717) is 19.1 Å². The molecule has 0 bridgehead atoms. The summed E-state index contributed by atoms with van der Waals surface area (Å²) in [7, 11) is 0. The number of fused-ring (bicyclic) bond motifs is 1. The Bertz CT molecular complexity index is 403. The van der Waals surface area contributed by atoms with E-state index in [4.69, 9.17) is 0 Å². The third-order valence-corrected chi connectivity index (χ3v) is 2.98. The second-order valence-corrected chi connectivity index (χ2v) is 4.71. The number of carbonyl (C=O) groups is 1. The SMILES string of the molecule is CC(C)NCC(=O)N1CCc2ncccc2C1. The van der Waals surface area contributed by atoms with E-state index in [-0.39, 0.29) is 5.91 Å². The summed E-state index contributed by atoms with van der Waals surface area (Å²) < 4.78 is 0. The zero-order valence-electron chi connectivity index (χ0n) is 10.4. The van der Waals surface area contributed by atoms with Gasteiger partial charge in [0.25, 0.3) is 0 Å². The molecule has 1 N–H and O–H groups in total. The Labute approximate surface area is 102 Å². The van der Waals surface area contributed by atoms with Gasteiger partial charge in [0.05, 0.1) is 6.54 Å². The van der Waals surface area contributed by atoms with Gasteiger partial charge in [0.2, 0.25) is 5.91 Å². The fraction of sp³-hybridized carbons (Fsp3) is 0.538. The van der Waals surface area contributed by atoms with Crippen molar-refractivity contribution in [3.8, 4) is 0 Å². The fourth-order valence-corrected chi connectivity index (χ4v) is 1.98. The highest BCUT2D eigenvalue weighted by molar-refractivity contribution is 5.78. The molecule has 0 atom stereocenters. The van der Waals surface area contributed by atoms with Crippen molar-refractivity contribution in [2.45, 2.75) is 32.9 Å². The van der Waals surface area contributed by atoms with Crippen LogP contribution in [-0.2, 0) is 17.8 Å². The Balaban J connectivity index is 1.95. The highest BCUT2D eigenvalue weighted by Crippen LogP contribution is 2.15. The third kappa shape index (κ3) is 3.03. The number of nitrogens with one attached hydrogen (secondary N) is 1. The molecule has 2 heterocycles. The molecule has 1 aromatic heterocycles. The van der Waals surface area contributed by atoms with Gasteiger partial charge in [0.1, 0.15) is 0 Å². The van der Waals surface area contributed by atoms with E-state index in [1.54, 1.807) is 0 Å². The van der Waals surface area contributed by atoms with Crippen LogP contribution in [-0.4, -0.2) is 34.9 Å². The molecule has 1 amide bonds. The van der Waals surface area contributed by atoms with Crippen LogP contribution in [0.1, 0.15) is 25.1 Å². The fourth-order valence-electron chi connectivity index (χ4n) is 1.98. The lowest BCUT2D eigenvalue weighted by Crippen LogP contribution is -2.42. The number of pyridine rings is 1. The monoisotopic (exact) mass is 233 g/mol. The molecule has 0 spiro atoms. The first kappa shape index (κ1) is 12.0. The van der Waals surface area contributed by atoms with E-state index in [9.17, 15) is 4.79 Å². The average molecular weight is 233 g/mol. The molecule has 1 aromatic rings. The van der Waals surface area contributed by atoms with E-state index >= 15 is 0 Å². The van der Waals surface area contributed by atoms with E-state index < -0.39 is 0 Å². The zero-order valence-corrected chi connectivity index (χ0v) is 10.4. The molecule has 0 aromatic carbocycles. The molecule has 0 saturated carbocycles. The molecular weight excluding hydrogens is 214 g/mol. The Morgan fingerprint density at radius 2 is 2.41 bits per heavy atom. The molecule has 0 aliphatic carbocycles. The van der Waals surface area contributed by atoms with Gasteiger partial charge in [-0.3, -0.25) is 9.78 Å². The van der Waals surface area contributed by atoms with Crippen molar-refractivity contribution in [2.24, 2.45) is 0 Å². The minimum Gasteiger partial charge on any atom is -0.337 e. The molecule has 92 valence electrons. The summed E-state index contributed by atoms with van der Waals surface area (Å²) in [6.45, 7) is 5.99. The average Bonchev–Trinajstić information content (AvgIpc) is 2.35. The van der Waals surface area contributed by atoms with Gasteiger partial charge >= 0.3 is 0 Å². The van der Waals surface area contributed by atoms with Crippen molar-refractivity contribution in [1.82, 2.24) is 15.2 Å². The first-order valence-corrected chi connectivity index (χ1v) is 6.10. The standard InChI is InChI=1S/C13H19N3O/c1-10(2)15-8-13(17)16-7-5-12-11(9-16)4-3-6-14-12/h3-4,6,10,15H,5,7-9H2,1-2H3. The van der Waals surface area contributed by atoms with Crippen LogP contribution >= 0.6 is 0 Å². The minimum atomic E-state index is 0.174. The number of hydrogen-bond donors (Lipinski definition) is 1. The Morgan fingerprint density at radius 3 is 3.18 bits per heavy atom. The summed E-state index contributed by atoms with van der Waals surface area (Å²) in [4.78, 5) is 18.2. The normalized spacial score (nSPS) is 14.9. The summed E-state index contributed by atoms with van der Waals surface area (Å²) in [5, 5.41) is 3.16. The molecule has 1 aliphatic rings. The van der Waals surface area contributed by atoms with E-state index in [2.05, 4.69) is 16.4 Å². The second kappa shape index (κ2) is 5.27. The zero-order chi connectivity index (χ0) is 12.3. The summed E-state index contributed by atoms with van der Waals surface area (Å²) in [6, 6.07) is 4.33. The van der Waals surface area contributed by atoms with Gasteiger partial charge in [-0.25, -0.2) is 0 Å². The van der Waals surface area contributed by atoms with Gasteiger partial charge in [0.15, 0.2) is 0 Å². The quantitative estimate of drug-likeness (QED) is 0.846. The first-order chi connectivity index (χ1) is 8.16. The van der Waals surface area contributed by atoms with E-state index in [1.807, 2.05) is 31.0 Å². The van der Waals surface area contributed by atoms with Gasteiger partial charge in [0, 0.05) is 37.4 Å². The molecule has 2 rings (SSSR count). The number of carbonyl (C=O) groups excluding carboxylic acids is 1. The van der Waals surface area contributed by atoms with Crippen molar-refractivity contribution < 1.29 is 4.79 Å². The minimum absolute atomic E-state index is 0.174. The second-order valence-electron chi connectivity index (χ2n) is 4.71. The number of aromatic nitrogens is 1. The molecule has 0 radical (unpaired) electrons. The molecule has 0 fully saturated rings. The van der Waals surface area contributed by atoms with Crippen LogP contribution in [0.15, 0.2) is 18.3 Å². The lowest BCUT2D eigenvalue weighted by molar-refractivity contribution is -0.131. The maximum Gasteiger partial charge on any atom is 0.236 e. The maximum atomic E-state index is 12.0. The molecule has 1 aliphatic heterocycles. The Morgan fingerprint density at radius 1 is 1.59 bits per heavy atom. The molecule has 4 nitrogen and oxygen atoms in total. The highest BCUT2D eigenvalue weighted by atomic mass is 16.2. The first-order valence-electron chi connectivity index (χ1n) is 6.10. The summed E-state index contributed by atoms with van der Waals surface area (Å²) in [5.41, 5.74) is 2.31. The molecule has 0 unspecified atom stereocenters. The lowest BCUT2D eigenvalue weighted by Gasteiger charge is -2.28. The van der Waals surface area contributed by atoms with Gasteiger partial charge in [-0.05, 0) is 11.6 Å². The van der Waals surface area contributed by atoms with Gasteiger partial charge < -0.3 is 10.2 Å². The van der Waals surface area contributed by atoms with Crippen LogP contribution < -0.4 is 5.32 Å². The van der Waals surface area contributed by atoms with Crippen LogP contribution in [0, 0.1) is 0 Å². The van der Waals surface area contributed by atoms with Crippen LogP contribution in [0.25, 0.3) is 0 Å². The smallest absolute Gasteiger partial charge is 0.236 e. The van der Waals surface area contributed by atoms with Crippen molar-refractivity contribution in [2.75, 3.05) is 13.1 Å². The van der Waals surface area contributed by atoms with Crippen LogP contribution in [0.5, 0.6) is 0 Å². The van der Waals surface area contributed by atoms with Gasteiger partial charge in [-0.2, -0.15) is 0 Å².